The van der Waals surface area contributed by atoms with Crippen LogP contribution in [0.2, 0.25) is 0 Å². The van der Waals surface area contributed by atoms with Gasteiger partial charge in [0.15, 0.2) is 17.0 Å². The number of imidazole rings is 1. The summed E-state index contributed by atoms with van der Waals surface area (Å²) in [5, 5.41) is 3.25. The van der Waals surface area contributed by atoms with Gasteiger partial charge >= 0.3 is 0 Å². The van der Waals surface area contributed by atoms with Crippen LogP contribution in [0, 0.1) is 0 Å². The molecule has 0 radical (unpaired) electrons. The fourth-order valence-corrected chi connectivity index (χ4v) is 2.01. The van der Waals surface area contributed by atoms with Crippen molar-refractivity contribution in [2.24, 2.45) is 0 Å². The van der Waals surface area contributed by atoms with Crippen LogP contribution >= 0.6 is 0 Å². The van der Waals surface area contributed by atoms with E-state index >= 15 is 0 Å². The molecule has 2 aromatic heterocycles. The van der Waals surface area contributed by atoms with Crippen LogP contribution in [-0.4, -0.2) is 26.6 Å². The number of aromatic nitrogens is 4. The summed E-state index contributed by atoms with van der Waals surface area (Å²) in [6.45, 7) is 2.88. The zero-order valence-electron chi connectivity index (χ0n) is 11.4. The first-order valence-electron chi connectivity index (χ1n) is 6.38. The molecule has 3 aromatic rings. The monoisotopic (exact) mass is 269 g/mol. The molecule has 0 aliphatic carbocycles. The average molecular weight is 269 g/mol. The Hall–Kier alpha value is -2.63. The quantitative estimate of drug-likeness (QED) is 0.788. The number of benzene rings is 1. The lowest BCUT2D eigenvalue weighted by atomic mass is 10.3. The van der Waals surface area contributed by atoms with Gasteiger partial charge in [-0.25, -0.2) is 15.0 Å². The second-order valence-electron chi connectivity index (χ2n) is 4.28. The number of fused-ring (bicyclic) bond motifs is 1. The van der Waals surface area contributed by atoms with Crippen LogP contribution in [0.5, 0.6) is 5.75 Å². The molecule has 0 spiro atoms. The number of rotatable bonds is 4. The zero-order chi connectivity index (χ0) is 13.9. The normalized spacial score (nSPS) is 10.7. The summed E-state index contributed by atoms with van der Waals surface area (Å²) in [6.07, 6.45) is 3.32. The SMILES string of the molecule is CCn1cnc2c(Nc3ccc(OC)cc3)ncnc21. The van der Waals surface area contributed by atoms with Crippen LogP contribution in [0.3, 0.4) is 0 Å². The summed E-state index contributed by atoms with van der Waals surface area (Å²) in [7, 11) is 1.65. The predicted octanol–water partition coefficient (Wildman–Crippen LogP) is 2.60. The lowest BCUT2D eigenvalue weighted by molar-refractivity contribution is 0.415. The number of ether oxygens (including phenoxy) is 1. The second kappa shape index (κ2) is 5.16. The first kappa shape index (κ1) is 12.4. The molecular formula is C14H15N5O. The van der Waals surface area contributed by atoms with Gasteiger partial charge in [0.25, 0.3) is 0 Å². The van der Waals surface area contributed by atoms with E-state index in [0.717, 1.165) is 29.1 Å². The molecule has 0 aliphatic rings. The highest BCUT2D eigenvalue weighted by molar-refractivity contribution is 5.85. The smallest absolute Gasteiger partial charge is 0.165 e. The van der Waals surface area contributed by atoms with Gasteiger partial charge in [-0.05, 0) is 31.2 Å². The number of hydrogen-bond acceptors (Lipinski definition) is 5. The topological polar surface area (TPSA) is 64.9 Å². The third kappa shape index (κ3) is 2.16. The maximum absolute atomic E-state index is 5.14. The summed E-state index contributed by atoms with van der Waals surface area (Å²) in [5.74, 6) is 1.52. The molecule has 0 atom stereocenters. The molecule has 3 rings (SSSR count). The largest absolute Gasteiger partial charge is 0.497 e. The molecular weight excluding hydrogens is 254 g/mol. The van der Waals surface area contributed by atoms with Crippen molar-refractivity contribution < 1.29 is 4.74 Å². The number of aryl methyl sites for hydroxylation is 1. The molecule has 0 bridgehead atoms. The van der Waals surface area contributed by atoms with Crippen molar-refractivity contribution in [3.05, 3.63) is 36.9 Å². The lowest BCUT2D eigenvalue weighted by Crippen LogP contribution is -1.98. The number of nitrogens with one attached hydrogen (secondary N) is 1. The van der Waals surface area contributed by atoms with E-state index in [1.54, 1.807) is 19.8 Å². The van der Waals surface area contributed by atoms with Gasteiger partial charge in [-0.15, -0.1) is 0 Å². The Morgan fingerprint density at radius 2 is 1.95 bits per heavy atom. The average Bonchev–Trinajstić information content (AvgIpc) is 2.92. The van der Waals surface area contributed by atoms with E-state index in [9.17, 15) is 0 Å². The van der Waals surface area contributed by atoms with Crippen molar-refractivity contribution in [1.82, 2.24) is 19.5 Å². The molecule has 20 heavy (non-hydrogen) atoms. The first-order valence-corrected chi connectivity index (χ1v) is 6.38. The van der Waals surface area contributed by atoms with Crippen LogP contribution in [-0.2, 0) is 6.54 Å². The lowest BCUT2D eigenvalue weighted by Gasteiger charge is -2.07. The number of methoxy groups -OCH3 is 1. The first-order chi connectivity index (χ1) is 9.81. The minimum absolute atomic E-state index is 0.701. The molecule has 1 aromatic carbocycles. The highest BCUT2D eigenvalue weighted by Crippen LogP contribution is 2.23. The summed E-state index contributed by atoms with van der Waals surface area (Å²) in [4.78, 5) is 12.9. The maximum atomic E-state index is 5.14. The standard InChI is InChI=1S/C14H15N5O/c1-3-19-9-17-12-13(15-8-16-14(12)19)18-10-4-6-11(20-2)7-5-10/h4-9H,3H2,1-2H3,(H,15,16,18). The van der Waals surface area contributed by atoms with E-state index in [2.05, 4.69) is 27.2 Å². The van der Waals surface area contributed by atoms with E-state index < -0.39 is 0 Å². The van der Waals surface area contributed by atoms with Gasteiger partial charge in [0.05, 0.1) is 13.4 Å². The number of hydrogen-bond donors (Lipinski definition) is 1. The molecule has 6 nitrogen and oxygen atoms in total. The highest BCUT2D eigenvalue weighted by Gasteiger charge is 2.09. The van der Waals surface area contributed by atoms with Crippen molar-refractivity contribution in [1.29, 1.82) is 0 Å². The summed E-state index contributed by atoms with van der Waals surface area (Å²) in [5.41, 5.74) is 2.53. The number of anilines is 2. The second-order valence-corrected chi connectivity index (χ2v) is 4.28. The summed E-state index contributed by atoms with van der Waals surface area (Å²) >= 11 is 0. The molecule has 2 heterocycles. The minimum atomic E-state index is 0.701. The van der Waals surface area contributed by atoms with E-state index in [1.807, 2.05) is 28.8 Å². The van der Waals surface area contributed by atoms with Crippen molar-refractivity contribution >= 4 is 22.7 Å². The maximum Gasteiger partial charge on any atom is 0.165 e. The van der Waals surface area contributed by atoms with Gasteiger partial charge in [0, 0.05) is 12.2 Å². The third-order valence-electron chi connectivity index (χ3n) is 3.09. The highest BCUT2D eigenvalue weighted by atomic mass is 16.5. The molecule has 0 amide bonds. The third-order valence-corrected chi connectivity index (χ3v) is 3.09. The Morgan fingerprint density at radius 1 is 1.15 bits per heavy atom. The van der Waals surface area contributed by atoms with Crippen molar-refractivity contribution in [3.8, 4) is 5.75 Å². The van der Waals surface area contributed by atoms with Gasteiger partial charge in [0.2, 0.25) is 0 Å². The van der Waals surface area contributed by atoms with Gasteiger partial charge in [-0.3, -0.25) is 0 Å². The molecule has 0 aliphatic heterocycles. The van der Waals surface area contributed by atoms with Crippen molar-refractivity contribution in [2.75, 3.05) is 12.4 Å². The van der Waals surface area contributed by atoms with Gasteiger partial charge in [0.1, 0.15) is 12.1 Å². The Labute approximate surface area is 116 Å². The van der Waals surface area contributed by atoms with Gasteiger partial charge < -0.3 is 14.6 Å². The molecule has 1 N–H and O–H groups in total. The van der Waals surface area contributed by atoms with Crippen LogP contribution in [0.15, 0.2) is 36.9 Å². The summed E-state index contributed by atoms with van der Waals surface area (Å²) in [6, 6.07) is 7.66. The fraction of sp³-hybridized carbons (Fsp3) is 0.214. The molecule has 0 unspecified atom stereocenters. The molecule has 0 fully saturated rings. The Morgan fingerprint density at radius 3 is 2.65 bits per heavy atom. The molecule has 102 valence electrons. The fourth-order valence-electron chi connectivity index (χ4n) is 2.01. The van der Waals surface area contributed by atoms with E-state index in [4.69, 9.17) is 4.74 Å². The van der Waals surface area contributed by atoms with E-state index in [-0.39, 0.29) is 0 Å². The molecule has 0 saturated heterocycles. The van der Waals surface area contributed by atoms with Crippen LogP contribution in [0.1, 0.15) is 6.92 Å². The zero-order valence-corrected chi connectivity index (χ0v) is 11.4. The van der Waals surface area contributed by atoms with Crippen LogP contribution in [0.4, 0.5) is 11.5 Å². The van der Waals surface area contributed by atoms with E-state index in [0.29, 0.717) is 5.82 Å². The predicted molar refractivity (Wildman–Crippen MR) is 77.3 cm³/mol. The van der Waals surface area contributed by atoms with Crippen LogP contribution < -0.4 is 10.1 Å². The minimum Gasteiger partial charge on any atom is -0.497 e. The van der Waals surface area contributed by atoms with Crippen LogP contribution in [0.25, 0.3) is 11.2 Å². The Kier molecular flexibility index (Phi) is 3.20. The van der Waals surface area contributed by atoms with Crippen molar-refractivity contribution in [2.45, 2.75) is 13.5 Å². The molecule has 0 saturated carbocycles. The van der Waals surface area contributed by atoms with Crippen molar-refractivity contribution in [3.63, 3.8) is 0 Å². The van der Waals surface area contributed by atoms with Gasteiger partial charge in [-0.2, -0.15) is 0 Å². The summed E-state index contributed by atoms with van der Waals surface area (Å²) < 4.78 is 7.12. The van der Waals surface area contributed by atoms with E-state index in [1.165, 1.54) is 0 Å². The Balaban J connectivity index is 1.95. The number of nitrogens with zero attached hydrogens (tertiary/aromatic N) is 4. The Bertz CT molecular complexity index is 720. The van der Waals surface area contributed by atoms with Gasteiger partial charge in [-0.1, -0.05) is 0 Å². The molecule has 6 heteroatoms.